The molecule has 1 aliphatic rings. The lowest BCUT2D eigenvalue weighted by molar-refractivity contribution is -0.131. The van der Waals surface area contributed by atoms with Gasteiger partial charge in [-0.05, 0) is 18.1 Å². The zero-order valence-electron chi connectivity index (χ0n) is 11.9. The Balaban J connectivity index is 1.77. The summed E-state index contributed by atoms with van der Waals surface area (Å²) in [5, 5.41) is 11.1. The summed E-state index contributed by atoms with van der Waals surface area (Å²) in [6.07, 6.45) is 0. The topological polar surface area (TPSA) is 75.3 Å². The van der Waals surface area contributed by atoms with E-state index in [1.54, 1.807) is 0 Å². The second-order valence-corrected chi connectivity index (χ2v) is 5.95. The molecule has 1 aromatic heterocycles. The molecule has 1 saturated heterocycles. The molecule has 2 heterocycles. The van der Waals surface area contributed by atoms with Crippen molar-refractivity contribution in [2.24, 2.45) is 5.92 Å². The van der Waals surface area contributed by atoms with Crippen LogP contribution in [-0.2, 0) is 6.54 Å². The van der Waals surface area contributed by atoms with E-state index in [4.69, 9.17) is 5.73 Å². The summed E-state index contributed by atoms with van der Waals surface area (Å²) in [6.45, 7) is 6.05. The molecule has 20 heavy (non-hydrogen) atoms. The van der Waals surface area contributed by atoms with Gasteiger partial charge in [0.1, 0.15) is 11.6 Å². The lowest BCUT2D eigenvalue weighted by Crippen LogP contribution is -2.63. The van der Waals surface area contributed by atoms with E-state index in [1.807, 2.05) is 38.1 Å². The van der Waals surface area contributed by atoms with Gasteiger partial charge in [0, 0.05) is 18.5 Å². The first kappa shape index (κ1) is 13.3. The van der Waals surface area contributed by atoms with Crippen molar-refractivity contribution in [3.63, 3.8) is 0 Å². The highest BCUT2D eigenvalue weighted by atomic mass is 16.3. The standard InChI is InChI=1S/C15H20N4O/c1-10(2)15(20)8-19(9-15)7-13-17-12-6-4-3-5-11(12)14(16)18-13/h3-6,10,20H,7-9H2,1-2H3,(H2,16,17,18). The van der Waals surface area contributed by atoms with Gasteiger partial charge in [0.05, 0.1) is 17.7 Å². The van der Waals surface area contributed by atoms with Crippen LogP contribution >= 0.6 is 0 Å². The number of likely N-dealkylation sites (tertiary alicyclic amines) is 1. The van der Waals surface area contributed by atoms with E-state index in [0.29, 0.717) is 31.3 Å². The number of aliphatic hydroxyl groups is 1. The molecule has 5 nitrogen and oxygen atoms in total. The number of nitrogen functional groups attached to an aromatic ring is 1. The summed E-state index contributed by atoms with van der Waals surface area (Å²) < 4.78 is 0. The quantitative estimate of drug-likeness (QED) is 0.883. The zero-order valence-corrected chi connectivity index (χ0v) is 11.9. The summed E-state index contributed by atoms with van der Waals surface area (Å²) in [5.41, 5.74) is 6.28. The summed E-state index contributed by atoms with van der Waals surface area (Å²) in [6, 6.07) is 7.74. The van der Waals surface area contributed by atoms with Crippen LogP contribution in [0.25, 0.3) is 10.9 Å². The van der Waals surface area contributed by atoms with Crippen LogP contribution in [0.3, 0.4) is 0 Å². The van der Waals surface area contributed by atoms with Gasteiger partial charge in [-0.3, -0.25) is 4.90 Å². The molecule has 5 heteroatoms. The molecule has 0 bridgehead atoms. The summed E-state index contributed by atoms with van der Waals surface area (Å²) >= 11 is 0. The lowest BCUT2D eigenvalue weighted by Gasteiger charge is -2.48. The molecule has 3 N–H and O–H groups in total. The van der Waals surface area contributed by atoms with Crippen molar-refractivity contribution in [3.8, 4) is 0 Å². The average Bonchev–Trinajstić information content (AvgIpc) is 2.36. The highest BCUT2D eigenvalue weighted by molar-refractivity contribution is 5.87. The van der Waals surface area contributed by atoms with Crippen LogP contribution in [0.2, 0.25) is 0 Å². The second-order valence-electron chi connectivity index (χ2n) is 5.95. The number of β-amino-alcohol motifs (C(OH)–C–C–N with tert-alkyl or cyclic N) is 1. The third-order valence-corrected chi connectivity index (χ3v) is 4.11. The average molecular weight is 272 g/mol. The van der Waals surface area contributed by atoms with Crippen LogP contribution in [0.5, 0.6) is 0 Å². The van der Waals surface area contributed by atoms with Crippen LogP contribution in [0, 0.1) is 5.92 Å². The summed E-state index contributed by atoms with van der Waals surface area (Å²) in [5.74, 6) is 1.50. The van der Waals surface area contributed by atoms with Gasteiger partial charge in [-0.15, -0.1) is 0 Å². The van der Waals surface area contributed by atoms with E-state index in [-0.39, 0.29) is 5.92 Å². The number of aromatic nitrogens is 2. The van der Waals surface area contributed by atoms with Gasteiger partial charge in [0.25, 0.3) is 0 Å². The van der Waals surface area contributed by atoms with Crippen LogP contribution < -0.4 is 5.73 Å². The molecule has 0 radical (unpaired) electrons. The summed E-state index contributed by atoms with van der Waals surface area (Å²) in [7, 11) is 0. The maximum atomic E-state index is 10.3. The number of nitrogens with two attached hydrogens (primary N) is 1. The van der Waals surface area contributed by atoms with E-state index in [2.05, 4.69) is 14.9 Å². The Morgan fingerprint density at radius 3 is 2.70 bits per heavy atom. The smallest absolute Gasteiger partial charge is 0.145 e. The van der Waals surface area contributed by atoms with Crippen molar-refractivity contribution in [3.05, 3.63) is 30.1 Å². The molecule has 2 aromatic rings. The number of anilines is 1. The predicted molar refractivity (Wildman–Crippen MR) is 79.0 cm³/mol. The van der Waals surface area contributed by atoms with Crippen molar-refractivity contribution < 1.29 is 5.11 Å². The minimum atomic E-state index is -0.567. The predicted octanol–water partition coefficient (Wildman–Crippen LogP) is 1.41. The molecule has 0 aliphatic carbocycles. The highest BCUT2D eigenvalue weighted by Crippen LogP contribution is 2.29. The molecular formula is C15H20N4O. The molecule has 0 unspecified atom stereocenters. The number of hydrogen-bond acceptors (Lipinski definition) is 5. The van der Waals surface area contributed by atoms with Crippen molar-refractivity contribution in [1.82, 2.24) is 14.9 Å². The Bertz CT molecular complexity index is 635. The molecule has 0 atom stereocenters. The van der Waals surface area contributed by atoms with Gasteiger partial charge in [-0.25, -0.2) is 9.97 Å². The van der Waals surface area contributed by atoms with E-state index in [9.17, 15) is 5.11 Å². The molecule has 0 saturated carbocycles. The third-order valence-electron chi connectivity index (χ3n) is 4.11. The van der Waals surface area contributed by atoms with Gasteiger partial charge < -0.3 is 10.8 Å². The van der Waals surface area contributed by atoms with Gasteiger partial charge in [-0.1, -0.05) is 26.0 Å². The maximum absolute atomic E-state index is 10.3. The van der Waals surface area contributed by atoms with Gasteiger partial charge in [0.15, 0.2) is 0 Å². The minimum absolute atomic E-state index is 0.265. The Labute approximate surface area is 118 Å². The van der Waals surface area contributed by atoms with Crippen LogP contribution in [0.1, 0.15) is 19.7 Å². The van der Waals surface area contributed by atoms with Crippen LogP contribution in [-0.4, -0.2) is 38.7 Å². The van der Waals surface area contributed by atoms with Crippen molar-refractivity contribution in [1.29, 1.82) is 0 Å². The Hall–Kier alpha value is -1.72. The van der Waals surface area contributed by atoms with Crippen LogP contribution in [0.4, 0.5) is 5.82 Å². The fourth-order valence-corrected chi connectivity index (χ4v) is 2.63. The Kier molecular flexibility index (Phi) is 3.11. The monoisotopic (exact) mass is 272 g/mol. The van der Waals surface area contributed by atoms with E-state index in [0.717, 1.165) is 10.9 Å². The first-order valence-corrected chi connectivity index (χ1v) is 6.94. The normalized spacial score (nSPS) is 18.4. The molecule has 1 fully saturated rings. The number of fused-ring (bicyclic) bond motifs is 1. The second kappa shape index (κ2) is 4.68. The molecule has 0 spiro atoms. The van der Waals surface area contributed by atoms with Gasteiger partial charge >= 0.3 is 0 Å². The molecule has 106 valence electrons. The number of hydrogen-bond donors (Lipinski definition) is 2. The van der Waals surface area contributed by atoms with E-state index < -0.39 is 5.60 Å². The van der Waals surface area contributed by atoms with Gasteiger partial charge in [-0.2, -0.15) is 0 Å². The maximum Gasteiger partial charge on any atom is 0.145 e. The van der Waals surface area contributed by atoms with Crippen molar-refractivity contribution in [2.45, 2.75) is 26.0 Å². The first-order valence-electron chi connectivity index (χ1n) is 6.94. The Morgan fingerprint density at radius 1 is 1.30 bits per heavy atom. The number of rotatable bonds is 3. The molecular weight excluding hydrogens is 252 g/mol. The largest absolute Gasteiger partial charge is 0.387 e. The fourth-order valence-electron chi connectivity index (χ4n) is 2.63. The highest BCUT2D eigenvalue weighted by Gasteiger charge is 2.43. The Morgan fingerprint density at radius 2 is 2.00 bits per heavy atom. The van der Waals surface area contributed by atoms with E-state index >= 15 is 0 Å². The summed E-state index contributed by atoms with van der Waals surface area (Å²) in [4.78, 5) is 11.0. The molecule has 3 rings (SSSR count). The number of para-hydroxylation sites is 1. The van der Waals surface area contributed by atoms with E-state index in [1.165, 1.54) is 0 Å². The number of benzene rings is 1. The molecule has 1 aliphatic heterocycles. The zero-order chi connectivity index (χ0) is 14.3. The van der Waals surface area contributed by atoms with Crippen molar-refractivity contribution >= 4 is 16.7 Å². The minimum Gasteiger partial charge on any atom is -0.387 e. The SMILES string of the molecule is CC(C)C1(O)CN(Cc2nc(N)c3ccccc3n2)C1. The molecule has 0 amide bonds. The van der Waals surface area contributed by atoms with Gasteiger partial charge in [0.2, 0.25) is 0 Å². The number of nitrogens with zero attached hydrogens (tertiary/aromatic N) is 3. The first-order chi connectivity index (χ1) is 9.48. The molecule has 1 aromatic carbocycles. The fraction of sp³-hybridized carbons (Fsp3) is 0.467. The van der Waals surface area contributed by atoms with Crippen molar-refractivity contribution in [2.75, 3.05) is 18.8 Å². The van der Waals surface area contributed by atoms with Crippen LogP contribution in [0.15, 0.2) is 24.3 Å². The third kappa shape index (κ3) is 2.23. The lowest BCUT2D eigenvalue weighted by atomic mass is 9.83.